The lowest BCUT2D eigenvalue weighted by molar-refractivity contribution is -0.117. The Morgan fingerprint density at radius 1 is 1.14 bits per heavy atom. The Morgan fingerprint density at radius 2 is 1.75 bits per heavy atom. The number of hydrogen-bond donors (Lipinski definition) is 1. The van der Waals surface area contributed by atoms with Gasteiger partial charge in [-0.2, -0.15) is 0 Å². The minimum atomic E-state index is -3.71. The van der Waals surface area contributed by atoms with Crippen LogP contribution in [0.25, 0.3) is 0 Å². The smallest absolute Gasteiger partial charge is 0.248 e. The Kier molecular flexibility index (Phi) is 7.12. The molecule has 0 bridgehead atoms. The fourth-order valence-electron chi connectivity index (χ4n) is 3.03. The summed E-state index contributed by atoms with van der Waals surface area (Å²) in [6.45, 7) is 7.76. The maximum atomic E-state index is 13.0. The van der Waals surface area contributed by atoms with Crippen molar-refractivity contribution in [1.29, 1.82) is 0 Å². The largest absolute Gasteiger partial charge is 0.324 e. The molecule has 0 aromatic heterocycles. The van der Waals surface area contributed by atoms with E-state index in [0.717, 1.165) is 21.7 Å². The minimum Gasteiger partial charge on any atom is -0.324 e. The standard InChI is InChI=1S/C21H27ClN2O3S/c1-6-19(21(25)23-18-11-8-16(9-12-18)14(2)3)24(28(5,26)27)20-13-17(22)10-7-15(20)4/h7-14,19H,6H2,1-5H3,(H,23,25)/t19-/m0/s1. The van der Waals surface area contributed by atoms with Crippen LogP contribution < -0.4 is 9.62 Å². The molecule has 2 aromatic carbocycles. The number of aryl methyl sites for hydroxylation is 1. The molecule has 0 spiro atoms. The Hall–Kier alpha value is -2.05. The molecule has 7 heteroatoms. The molecule has 28 heavy (non-hydrogen) atoms. The Bertz CT molecular complexity index is 941. The zero-order valence-electron chi connectivity index (χ0n) is 16.9. The molecule has 0 saturated carbocycles. The molecule has 0 saturated heterocycles. The van der Waals surface area contributed by atoms with Crippen molar-refractivity contribution in [2.75, 3.05) is 15.9 Å². The Balaban J connectivity index is 2.38. The molecular weight excluding hydrogens is 396 g/mol. The highest BCUT2D eigenvalue weighted by Gasteiger charge is 2.32. The second-order valence-electron chi connectivity index (χ2n) is 7.18. The van der Waals surface area contributed by atoms with E-state index in [4.69, 9.17) is 11.6 Å². The monoisotopic (exact) mass is 422 g/mol. The molecule has 0 aliphatic heterocycles. The molecule has 0 aliphatic carbocycles. The summed E-state index contributed by atoms with van der Waals surface area (Å²) in [5, 5.41) is 3.25. The van der Waals surface area contributed by atoms with Gasteiger partial charge in [0.25, 0.3) is 0 Å². The molecule has 0 fully saturated rings. The van der Waals surface area contributed by atoms with E-state index >= 15 is 0 Å². The molecule has 0 unspecified atom stereocenters. The van der Waals surface area contributed by atoms with E-state index in [9.17, 15) is 13.2 Å². The lowest BCUT2D eigenvalue weighted by atomic mass is 10.0. The number of sulfonamides is 1. The summed E-state index contributed by atoms with van der Waals surface area (Å²) >= 11 is 6.09. The third-order valence-electron chi connectivity index (χ3n) is 4.58. The van der Waals surface area contributed by atoms with Crippen molar-refractivity contribution in [3.05, 3.63) is 58.6 Å². The van der Waals surface area contributed by atoms with Gasteiger partial charge in [-0.3, -0.25) is 9.10 Å². The zero-order chi connectivity index (χ0) is 21.1. The number of nitrogens with one attached hydrogen (secondary N) is 1. The van der Waals surface area contributed by atoms with Crippen molar-refractivity contribution in [3.8, 4) is 0 Å². The number of halogens is 1. The molecular formula is C21H27ClN2O3S. The van der Waals surface area contributed by atoms with Gasteiger partial charge in [-0.25, -0.2) is 8.42 Å². The van der Waals surface area contributed by atoms with Crippen LogP contribution in [0.5, 0.6) is 0 Å². The summed E-state index contributed by atoms with van der Waals surface area (Å²) in [6.07, 6.45) is 1.41. The molecule has 5 nitrogen and oxygen atoms in total. The first-order valence-electron chi connectivity index (χ1n) is 9.21. The third kappa shape index (κ3) is 5.26. The molecule has 0 radical (unpaired) electrons. The normalized spacial score (nSPS) is 12.7. The number of benzene rings is 2. The van der Waals surface area contributed by atoms with Gasteiger partial charge in [-0.05, 0) is 54.7 Å². The van der Waals surface area contributed by atoms with E-state index in [1.54, 1.807) is 32.0 Å². The van der Waals surface area contributed by atoms with Crippen molar-refractivity contribution in [2.45, 2.75) is 46.1 Å². The highest BCUT2D eigenvalue weighted by atomic mass is 35.5. The topological polar surface area (TPSA) is 66.5 Å². The number of carbonyl (C=O) groups excluding carboxylic acids is 1. The molecule has 1 N–H and O–H groups in total. The number of carbonyl (C=O) groups is 1. The fraction of sp³-hybridized carbons (Fsp3) is 0.381. The number of nitrogens with zero attached hydrogens (tertiary/aromatic N) is 1. The average Bonchev–Trinajstić information content (AvgIpc) is 2.61. The Morgan fingerprint density at radius 3 is 2.25 bits per heavy atom. The third-order valence-corrected chi connectivity index (χ3v) is 5.98. The maximum Gasteiger partial charge on any atom is 0.248 e. The summed E-state index contributed by atoms with van der Waals surface area (Å²) in [5.74, 6) is 0.00395. The fourth-order valence-corrected chi connectivity index (χ4v) is 4.46. The van der Waals surface area contributed by atoms with Crippen molar-refractivity contribution < 1.29 is 13.2 Å². The van der Waals surface area contributed by atoms with Gasteiger partial charge in [0.1, 0.15) is 6.04 Å². The first kappa shape index (κ1) is 22.2. The lowest BCUT2D eigenvalue weighted by Gasteiger charge is -2.31. The van der Waals surface area contributed by atoms with Gasteiger partial charge in [-0.15, -0.1) is 0 Å². The van der Waals surface area contributed by atoms with Crippen LogP contribution in [-0.2, 0) is 14.8 Å². The summed E-state index contributed by atoms with van der Waals surface area (Å²) in [6, 6.07) is 11.7. The van der Waals surface area contributed by atoms with E-state index in [2.05, 4.69) is 19.2 Å². The zero-order valence-corrected chi connectivity index (χ0v) is 18.4. The van der Waals surface area contributed by atoms with Crippen LogP contribution in [0, 0.1) is 6.92 Å². The molecule has 2 rings (SSSR count). The van der Waals surface area contributed by atoms with E-state index in [1.807, 2.05) is 24.3 Å². The van der Waals surface area contributed by atoms with Crippen molar-refractivity contribution in [2.24, 2.45) is 0 Å². The molecule has 2 aromatic rings. The van der Waals surface area contributed by atoms with E-state index in [-0.39, 0.29) is 5.91 Å². The predicted octanol–water partition coefficient (Wildman–Crippen LogP) is 4.96. The molecule has 1 amide bonds. The molecule has 0 heterocycles. The second-order valence-corrected chi connectivity index (χ2v) is 9.48. The van der Waals surface area contributed by atoms with E-state index in [1.165, 1.54) is 0 Å². The first-order valence-corrected chi connectivity index (χ1v) is 11.4. The molecule has 1 atom stereocenters. The maximum absolute atomic E-state index is 13.0. The minimum absolute atomic E-state index is 0.314. The van der Waals surface area contributed by atoms with E-state index in [0.29, 0.717) is 28.7 Å². The van der Waals surface area contributed by atoms with Gasteiger partial charge in [0.05, 0.1) is 11.9 Å². The summed E-state index contributed by atoms with van der Waals surface area (Å²) in [4.78, 5) is 13.0. The van der Waals surface area contributed by atoms with Crippen molar-refractivity contribution in [3.63, 3.8) is 0 Å². The quantitative estimate of drug-likeness (QED) is 0.686. The van der Waals surface area contributed by atoms with Crippen LogP contribution in [0.4, 0.5) is 11.4 Å². The summed E-state index contributed by atoms with van der Waals surface area (Å²) in [7, 11) is -3.71. The van der Waals surface area contributed by atoms with Crippen molar-refractivity contribution >= 4 is 38.9 Å². The van der Waals surface area contributed by atoms with Crippen LogP contribution in [0.15, 0.2) is 42.5 Å². The van der Waals surface area contributed by atoms with Gasteiger partial charge in [-0.1, -0.05) is 50.6 Å². The molecule has 152 valence electrons. The average molecular weight is 423 g/mol. The Labute approximate surface area is 172 Å². The van der Waals surface area contributed by atoms with Gasteiger partial charge >= 0.3 is 0 Å². The predicted molar refractivity (Wildman–Crippen MR) is 117 cm³/mol. The number of rotatable bonds is 7. The molecule has 0 aliphatic rings. The lowest BCUT2D eigenvalue weighted by Crippen LogP contribution is -2.47. The van der Waals surface area contributed by atoms with Crippen LogP contribution >= 0.6 is 11.6 Å². The number of anilines is 2. The summed E-state index contributed by atoms with van der Waals surface area (Å²) in [5.41, 5.74) is 2.93. The van der Waals surface area contributed by atoms with Crippen LogP contribution in [0.1, 0.15) is 44.2 Å². The van der Waals surface area contributed by atoms with Gasteiger partial charge in [0.15, 0.2) is 0 Å². The SMILES string of the molecule is CC[C@@H](C(=O)Nc1ccc(C(C)C)cc1)N(c1cc(Cl)ccc1C)S(C)(=O)=O. The van der Waals surface area contributed by atoms with E-state index < -0.39 is 16.1 Å². The number of hydrogen-bond acceptors (Lipinski definition) is 3. The van der Waals surface area contributed by atoms with Crippen LogP contribution in [-0.4, -0.2) is 26.6 Å². The second kappa shape index (κ2) is 8.97. The van der Waals surface area contributed by atoms with Crippen molar-refractivity contribution in [1.82, 2.24) is 0 Å². The highest BCUT2D eigenvalue weighted by molar-refractivity contribution is 7.92. The van der Waals surface area contributed by atoms with Gasteiger partial charge in [0, 0.05) is 10.7 Å². The first-order chi connectivity index (χ1) is 13.0. The summed E-state index contributed by atoms with van der Waals surface area (Å²) < 4.78 is 26.3. The van der Waals surface area contributed by atoms with Crippen LogP contribution in [0.3, 0.4) is 0 Å². The highest BCUT2D eigenvalue weighted by Crippen LogP contribution is 2.29. The van der Waals surface area contributed by atoms with Gasteiger partial charge in [0.2, 0.25) is 15.9 Å². The number of amides is 1. The van der Waals surface area contributed by atoms with Crippen LogP contribution in [0.2, 0.25) is 5.02 Å². The van der Waals surface area contributed by atoms with Gasteiger partial charge < -0.3 is 5.32 Å².